The van der Waals surface area contributed by atoms with Crippen LogP contribution in [0.5, 0.6) is 0 Å². The maximum atomic E-state index is 13.5. The Morgan fingerprint density at radius 1 is 1.00 bits per heavy atom. The van der Waals surface area contributed by atoms with Crippen LogP contribution in [0, 0.1) is 13.8 Å². The first-order valence-electron chi connectivity index (χ1n) is 13.3. The summed E-state index contributed by atoms with van der Waals surface area (Å²) in [5.41, 5.74) is 9.25. The van der Waals surface area contributed by atoms with Crippen LogP contribution in [0.1, 0.15) is 40.8 Å². The maximum absolute atomic E-state index is 13.5. The molecule has 0 unspecified atom stereocenters. The van der Waals surface area contributed by atoms with Crippen LogP contribution < -0.4 is 0 Å². The number of likely N-dealkylation sites (N-methyl/N-ethyl adjacent to an activating group) is 1. The molecule has 0 fully saturated rings. The van der Waals surface area contributed by atoms with Crippen molar-refractivity contribution in [3.8, 4) is 11.3 Å². The summed E-state index contributed by atoms with van der Waals surface area (Å²) < 4.78 is 1.85. The average Bonchev–Trinajstić information content (AvgIpc) is 3.51. The second-order valence-electron chi connectivity index (χ2n) is 10.6. The van der Waals surface area contributed by atoms with Crippen molar-refractivity contribution in [2.45, 2.75) is 52.6 Å². The Morgan fingerprint density at radius 3 is 2.54 bits per heavy atom. The molecule has 0 atom stereocenters. The molecule has 0 saturated carbocycles. The molecular formula is C31H37N5O. The van der Waals surface area contributed by atoms with Crippen molar-refractivity contribution in [1.82, 2.24) is 24.6 Å². The Hall–Kier alpha value is -3.51. The fraction of sp³-hybridized carbons (Fsp3) is 0.387. The van der Waals surface area contributed by atoms with Crippen molar-refractivity contribution in [2.75, 3.05) is 27.2 Å². The number of carbonyl (C=O) groups is 1. The van der Waals surface area contributed by atoms with E-state index in [0.717, 1.165) is 47.4 Å². The van der Waals surface area contributed by atoms with E-state index in [-0.39, 0.29) is 5.91 Å². The summed E-state index contributed by atoms with van der Waals surface area (Å²) in [6.45, 7) is 6.67. The molecule has 2 heterocycles. The smallest absolute Gasteiger partial charge is 0.224 e. The van der Waals surface area contributed by atoms with Crippen LogP contribution in [0.15, 0.2) is 54.7 Å². The minimum absolute atomic E-state index is 0.138. The predicted molar refractivity (Wildman–Crippen MR) is 149 cm³/mol. The van der Waals surface area contributed by atoms with Crippen LogP contribution in [-0.2, 0) is 30.7 Å². The number of carbonyl (C=O) groups excluding carboxylic acids is 1. The molecule has 2 aromatic heterocycles. The van der Waals surface area contributed by atoms with E-state index in [9.17, 15) is 4.79 Å². The Bertz CT molecular complexity index is 1420. The minimum Gasteiger partial charge on any atom is -0.337 e. The summed E-state index contributed by atoms with van der Waals surface area (Å²) in [4.78, 5) is 22.8. The zero-order chi connectivity index (χ0) is 25.9. The molecule has 192 valence electrons. The van der Waals surface area contributed by atoms with Crippen LogP contribution >= 0.6 is 0 Å². The number of hydrogen-bond acceptors (Lipinski definition) is 4. The fourth-order valence-corrected chi connectivity index (χ4v) is 5.23. The SMILES string of the molecule is Cc1cccc(-c2nc3cc4c(cc3cc2CN(CCN(C)C)C(=O)CCn2ccc(C)n2)CCC4)c1. The number of hydrogen-bond donors (Lipinski definition) is 0. The first kappa shape index (κ1) is 25.2. The van der Waals surface area contributed by atoms with Crippen molar-refractivity contribution in [1.29, 1.82) is 0 Å². The van der Waals surface area contributed by atoms with E-state index in [2.05, 4.69) is 59.4 Å². The maximum Gasteiger partial charge on any atom is 0.224 e. The van der Waals surface area contributed by atoms with E-state index in [1.54, 1.807) is 0 Å². The molecule has 37 heavy (non-hydrogen) atoms. The number of amides is 1. The van der Waals surface area contributed by atoms with Gasteiger partial charge in [-0.1, -0.05) is 23.8 Å². The van der Waals surface area contributed by atoms with Crippen molar-refractivity contribution in [3.05, 3.63) is 82.7 Å². The quantitative estimate of drug-likeness (QED) is 0.321. The Balaban J connectivity index is 1.50. The molecule has 0 spiro atoms. The van der Waals surface area contributed by atoms with E-state index in [0.29, 0.717) is 26.1 Å². The molecule has 0 bridgehead atoms. The van der Waals surface area contributed by atoms with Crippen LogP contribution in [0.2, 0.25) is 0 Å². The highest BCUT2D eigenvalue weighted by Gasteiger charge is 2.20. The standard InChI is InChI=1S/C31H37N5O/c1-22-7-5-10-26(17-22)31-28(19-27-18-24-8-6-9-25(24)20-29(27)32-31)21-35(16-15-34(3)4)30(37)12-14-36-13-11-23(2)33-36/h5,7,10-11,13,17-20H,6,8-9,12,14-16,21H2,1-4H3. The van der Waals surface area contributed by atoms with E-state index >= 15 is 0 Å². The first-order chi connectivity index (χ1) is 17.9. The molecule has 1 aliphatic carbocycles. The monoisotopic (exact) mass is 495 g/mol. The van der Waals surface area contributed by atoms with E-state index < -0.39 is 0 Å². The summed E-state index contributed by atoms with van der Waals surface area (Å²) in [6, 6.07) is 17.4. The normalized spacial score (nSPS) is 12.9. The molecule has 1 amide bonds. The zero-order valence-electron chi connectivity index (χ0n) is 22.5. The molecule has 6 heteroatoms. The van der Waals surface area contributed by atoms with Gasteiger partial charge in [-0.3, -0.25) is 9.48 Å². The van der Waals surface area contributed by atoms with Gasteiger partial charge in [-0.25, -0.2) is 4.98 Å². The molecule has 4 aromatic rings. The van der Waals surface area contributed by atoms with Gasteiger partial charge in [-0.2, -0.15) is 5.10 Å². The first-order valence-corrected chi connectivity index (χ1v) is 13.3. The third-order valence-corrected chi connectivity index (χ3v) is 7.26. The molecule has 0 N–H and O–H groups in total. The molecule has 6 nitrogen and oxygen atoms in total. The summed E-state index contributed by atoms with van der Waals surface area (Å²) in [5, 5.41) is 5.62. The van der Waals surface area contributed by atoms with Crippen LogP contribution in [0.4, 0.5) is 0 Å². The fourth-order valence-electron chi connectivity index (χ4n) is 5.23. The molecule has 0 aliphatic heterocycles. The Kier molecular flexibility index (Phi) is 7.38. The van der Waals surface area contributed by atoms with Gasteiger partial charge in [0.1, 0.15) is 0 Å². The average molecular weight is 496 g/mol. The number of rotatable bonds is 9. The molecule has 0 radical (unpaired) electrons. The van der Waals surface area contributed by atoms with Gasteiger partial charge < -0.3 is 9.80 Å². The predicted octanol–water partition coefficient (Wildman–Crippen LogP) is 5.18. The van der Waals surface area contributed by atoms with Gasteiger partial charge in [0, 0.05) is 49.7 Å². The number of aromatic nitrogens is 3. The van der Waals surface area contributed by atoms with Crippen molar-refractivity contribution in [3.63, 3.8) is 0 Å². The second-order valence-corrected chi connectivity index (χ2v) is 10.6. The lowest BCUT2D eigenvalue weighted by molar-refractivity contribution is -0.132. The van der Waals surface area contributed by atoms with E-state index in [1.807, 2.05) is 42.9 Å². The van der Waals surface area contributed by atoms with Gasteiger partial charge in [0.05, 0.1) is 16.9 Å². The van der Waals surface area contributed by atoms with Gasteiger partial charge >= 0.3 is 0 Å². The largest absolute Gasteiger partial charge is 0.337 e. The van der Waals surface area contributed by atoms with Crippen molar-refractivity contribution >= 4 is 16.8 Å². The Labute approximate surface area is 219 Å². The highest BCUT2D eigenvalue weighted by atomic mass is 16.2. The number of aryl methyl sites for hydroxylation is 5. The number of pyridine rings is 1. The van der Waals surface area contributed by atoms with Gasteiger partial charge in [-0.05, 0) is 94.2 Å². The lowest BCUT2D eigenvalue weighted by Gasteiger charge is -2.26. The highest BCUT2D eigenvalue weighted by molar-refractivity contribution is 5.85. The number of benzene rings is 2. The minimum atomic E-state index is 0.138. The number of fused-ring (bicyclic) bond motifs is 2. The number of nitrogens with zero attached hydrogens (tertiary/aromatic N) is 5. The van der Waals surface area contributed by atoms with Crippen molar-refractivity contribution in [2.24, 2.45) is 0 Å². The third-order valence-electron chi connectivity index (χ3n) is 7.26. The van der Waals surface area contributed by atoms with Gasteiger partial charge in [0.2, 0.25) is 5.91 Å². The van der Waals surface area contributed by atoms with Crippen LogP contribution in [0.3, 0.4) is 0 Å². The van der Waals surface area contributed by atoms with Crippen molar-refractivity contribution < 1.29 is 4.79 Å². The van der Waals surface area contributed by atoms with Crippen LogP contribution in [-0.4, -0.2) is 57.7 Å². The summed E-state index contributed by atoms with van der Waals surface area (Å²) in [6.07, 6.45) is 5.85. The van der Waals surface area contributed by atoms with E-state index in [1.165, 1.54) is 28.5 Å². The van der Waals surface area contributed by atoms with Crippen LogP contribution in [0.25, 0.3) is 22.2 Å². The summed E-state index contributed by atoms with van der Waals surface area (Å²) >= 11 is 0. The zero-order valence-corrected chi connectivity index (χ0v) is 22.5. The molecule has 0 saturated heterocycles. The summed E-state index contributed by atoms with van der Waals surface area (Å²) in [5.74, 6) is 0.138. The van der Waals surface area contributed by atoms with Gasteiger partial charge in [0.25, 0.3) is 0 Å². The summed E-state index contributed by atoms with van der Waals surface area (Å²) in [7, 11) is 4.09. The lowest BCUT2D eigenvalue weighted by Crippen LogP contribution is -2.36. The lowest BCUT2D eigenvalue weighted by atomic mass is 9.99. The molecule has 2 aromatic carbocycles. The Morgan fingerprint density at radius 2 is 1.81 bits per heavy atom. The molecular weight excluding hydrogens is 458 g/mol. The molecule has 1 aliphatic rings. The highest BCUT2D eigenvalue weighted by Crippen LogP contribution is 2.32. The topological polar surface area (TPSA) is 54.3 Å². The van der Waals surface area contributed by atoms with Gasteiger partial charge in [-0.15, -0.1) is 0 Å². The second kappa shape index (κ2) is 10.9. The van der Waals surface area contributed by atoms with Gasteiger partial charge in [0.15, 0.2) is 0 Å². The van der Waals surface area contributed by atoms with E-state index in [4.69, 9.17) is 4.98 Å². The third kappa shape index (κ3) is 5.91. The molecule has 5 rings (SSSR count).